The summed E-state index contributed by atoms with van der Waals surface area (Å²) in [6.45, 7) is 4.14. The highest BCUT2D eigenvalue weighted by Crippen LogP contribution is 2.28. The fourth-order valence-corrected chi connectivity index (χ4v) is 2.28. The molecule has 0 saturated carbocycles. The van der Waals surface area contributed by atoms with E-state index in [1.165, 1.54) is 0 Å². The smallest absolute Gasteiger partial charge is 0.224 e. The molecule has 1 atom stereocenters. The third-order valence-electron chi connectivity index (χ3n) is 3.02. The lowest BCUT2D eigenvalue weighted by atomic mass is 9.94. The lowest BCUT2D eigenvalue weighted by molar-refractivity contribution is -0.145. The van der Waals surface area contributed by atoms with Crippen molar-refractivity contribution in [3.05, 3.63) is 0 Å². The highest BCUT2D eigenvalue weighted by molar-refractivity contribution is 5.77. The molecule has 0 bridgehead atoms. The van der Waals surface area contributed by atoms with Crippen molar-refractivity contribution in [2.45, 2.75) is 38.3 Å². The van der Waals surface area contributed by atoms with Crippen molar-refractivity contribution < 1.29 is 4.79 Å². The quantitative estimate of drug-likeness (QED) is 0.577. The predicted molar refractivity (Wildman–Crippen MR) is 46.6 cm³/mol. The molecule has 0 aromatic heterocycles. The van der Waals surface area contributed by atoms with Gasteiger partial charge in [-0.3, -0.25) is 10.1 Å². The first kappa shape index (κ1) is 8.05. The van der Waals surface area contributed by atoms with Crippen LogP contribution in [-0.4, -0.2) is 29.6 Å². The van der Waals surface area contributed by atoms with Crippen LogP contribution in [0.5, 0.6) is 0 Å². The van der Waals surface area contributed by atoms with Crippen molar-refractivity contribution >= 4 is 5.91 Å². The molecule has 2 aliphatic rings. The van der Waals surface area contributed by atoms with Crippen LogP contribution in [0.2, 0.25) is 0 Å². The zero-order valence-electron chi connectivity index (χ0n) is 7.60. The predicted octanol–water partition coefficient (Wildman–Crippen LogP) is 0.708. The summed E-state index contributed by atoms with van der Waals surface area (Å²) in [4.78, 5) is 13.5. The molecular formula is C9H16N2O. The molecule has 0 spiro atoms. The number of hydrogen-bond donors (Lipinski definition) is 1. The lowest BCUT2D eigenvalue weighted by Gasteiger charge is -2.48. The number of carbonyl (C=O) groups excluding carboxylic acids is 1. The first-order chi connectivity index (χ1) is 5.72. The van der Waals surface area contributed by atoms with Crippen molar-refractivity contribution in [2.75, 3.05) is 13.1 Å². The second kappa shape index (κ2) is 2.73. The van der Waals surface area contributed by atoms with E-state index in [9.17, 15) is 4.79 Å². The summed E-state index contributed by atoms with van der Waals surface area (Å²) in [5.41, 5.74) is -0.0203. The highest BCUT2D eigenvalue weighted by atomic mass is 16.2. The second-order valence-electron chi connectivity index (χ2n) is 3.95. The van der Waals surface area contributed by atoms with E-state index in [0.717, 1.165) is 38.8 Å². The van der Waals surface area contributed by atoms with Crippen LogP contribution in [0.1, 0.15) is 32.6 Å². The largest absolute Gasteiger partial charge is 0.325 e. The zero-order chi connectivity index (χ0) is 8.60. The molecule has 68 valence electrons. The monoisotopic (exact) mass is 168 g/mol. The summed E-state index contributed by atoms with van der Waals surface area (Å²) in [7, 11) is 0. The van der Waals surface area contributed by atoms with Gasteiger partial charge in [0.05, 0.1) is 5.66 Å². The number of rotatable bonds is 0. The number of fused-ring (bicyclic) bond motifs is 1. The maximum absolute atomic E-state index is 11.5. The molecule has 12 heavy (non-hydrogen) atoms. The Balaban J connectivity index is 2.18. The van der Waals surface area contributed by atoms with E-state index in [0.29, 0.717) is 5.91 Å². The van der Waals surface area contributed by atoms with Crippen molar-refractivity contribution in [1.29, 1.82) is 0 Å². The molecule has 2 fully saturated rings. The van der Waals surface area contributed by atoms with Gasteiger partial charge in [0.15, 0.2) is 0 Å². The Morgan fingerprint density at radius 3 is 3.08 bits per heavy atom. The normalized spacial score (nSPS) is 36.4. The van der Waals surface area contributed by atoms with Crippen molar-refractivity contribution in [3.63, 3.8) is 0 Å². The van der Waals surface area contributed by atoms with Crippen LogP contribution >= 0.6 is 0 Å². The van der Waals surface area contributed by atoms with Crippen molar-refractivity contribution in [3.8, 4) is 0 Å². The van der Waals surface area contributed by atoms with Gasteiger partial charge in [0.1, 0.15) is 0 Å². The summed E-state index contributed by atoms with van der Waals surface area (Å²) < 4.78 is 0. The average molecular weight is 168 g/mol. The average Bonchev–Trinajstić information content (AvgIpc) is 2.04. The Morgan fingerprint density at radius 2 is 2.33 bits per heavy atom. The number of piperidine rings is 1. The number of nitrogens with zero attached hydrogens (tertiary/aromatic N) is 1. The highest BCUT2D eigenvalue weighted by Gasteiger charge is 2.39. The Kier molecular flexibility index (Phi) is 1.83. The fourth-order valence-electron chi connectivity index (χ4n) is 2.28. The minimum absolute atomic E-state index is 0.0203. The summed E-state index contributed by atoms with van der Waals surface area (Å²) in [6.07, 6.45) is 4.00. The fraction of sp³-hybridized carbons (Fsp3) is 0.889. The molecule has 2 rings (SSSR count). The van der Waals surface area contributed by atoms with Crippen LogP contribution in [0.25, 0.3) is 0 Å². The molecule has 2 heterocycles. The van der Waals surface area contributed by atoms with Gasteiger partial charge in [-0.25, -0.2) is 0 Å². The minimum Gasteiger partial charge on any atom is -0.325 e. The summed E-state index contributed by atoms with van der Waals surface area (Å²) in [6, 6.07) is 0. The van der Waals surface area contributed by atoms with Gasteiger partial charge in [-0.15, -0.1) is 0 Å². The van der Waals surface area contributed by atoms with E-state index in [1.54, 1.807) is 0 Å². The van der Waals surface area contributed by atoms with Gasteiger partial charge < -0.3 is 4.90 Å². The Hall–Kier alpha value is -0.570. The molecule has 3 nitrogen and oxygen atoms in total. The van der Waals surface area contributed by atoms with E-state index in [-0.39, 0.29) is 5.66 Å². The van der Waals surface area contributed by atoms with Crippen LogP contribution in [0, 0.1) is 0 Å². The maximum Gasteiger partial charge on any atom is 0.224 e. The first-order valence-corrected chi connectivity index (χ1v) is 4.78. The Bertz CT molecular complexity index is 201. The number of amides is 1. The van der Waals surface area contributed by atoms with Gasteiger partial charge in [-0.05, 0) is 32.7 Å². The summed E-state index contributed by atoms with van der Waals surface area (Å²) in [5, 5.41) is 3.43. The first-order valence-electron chi connectivity index (χ1n) is 4.78. The van der Waals surface area contributed by atoms with Gasteiger partial charge in [0, 0.05) is 13.0 Å². The van der Waals surface area contributed by atoms with Crippen molar-refractivity contribution in [1.82, 2.24) is 10.2 Å². The van der Waals surface area contributed by atoms with E-state index >= 15 is 0 Å². The van der Waals surface area contributed by atoms with Crippen LogP contribution in [-0.2, 0) is 4.79 Å². The SMILES string of the molecule is C[C@@]12CCCC(=O)N1CCCN2. The van der Waals surface area contributed by atoms with E-state index in [1.807, 2.05) is 4.90 Å². The molecule has 3 heteroatoms. The van der Waals surface area contributed by atoms with E-state index in [4.69, 9.17) is 0 Å². The summed E-state index contributed by atoms with van der Waals surface area (Å²) in [5.74, 6) is 0.330. The van der Waals surface area contributed by atoms with Crippen LogP contribution in [0.4, 0.5) is 0 Å². The maximum atomic E-state index is 11.5. The molecule has 2 aliphatic heterocycles. The number of hydrogen-bond acceptors (Lipinski definition) is 2. The van der Waals surface area contributed by atoms with Gasteiger partial charge in [-0.1, -0.05) is 0 Å². The van der Waals surface area contributed by atoms with Crippen molar-refractivity contribution in [2.24, 2.45) is 0 Å². The van der Waals surface area contributed by atoms with Gasteiger partial charge in [-0.2, -0.15) is 0 Å². The Labute approximate surface area is 73.1 Å². The molecule has 0 unspecified atom stereocenters. The minimum atomic E-state index is -0.0203. The third kappa shape index (κ3) is 1.12. The molecule has 0 aromatic carbocycles. The molecule has 1 amide bonds. The van der Waals surface area contributed by atoms with Gasteiger partial charge >= 0.3 is 0 Å². The lowest BCUT2D eigenvalue weighted by Crippen LogP contribution is -2.64. The number of nitrogens with one attached hydrogen (secondary N) is 1. The molecular weight excluding hydrogens is 152 g/mol. The molecule has 0 radical (unpaired) electrons. The third-order valence-corrected chi connectivity index (χ3v) is 3.02. The molecule has 0 aliphatic carbocycles. The van der Waals surface area contributed by atoms with Crippen LogP contribution in [0.15, 0.2) is 0 Å². The van der Waals surface area contributed by atoms with Crippen LogP contribution in [0.3, 0.4) is 0 Å². The molecule has 1 N–H and O–H groups in total. The Morgan fingerprint density at radius 1 is 1.50 bits per heavy atom. The van der Waals surface area contributed by atoms with Gasteiger partial charge in [0.25, 0.3) is 0 Å². The van der Waals surface area contributed by atoms with Crippen LogP contribution < -0.4 is 5.32 Å². The topological polar surface area (TPSA) is 32.3 Å². The molecule has 2 saturated heterocycles. The van der Waals surface area contributed by atoms with E-state index in [2.05, 4.69) is 12.2 Å². The standard InChI is InChI=1S/C9H16N2O/c1-9-5-2-4-8(12)11(9)7-3-6-10-9/h10H,2-7H2,1H3/t9-/m0/s1. The summed E-state index contributed by atoms with van der Waals surface area (Å²) >= 11 is 0. The molecule has 0 aromatic rings. The van der Waals surface area contributed by atoms with Gasteiger partial charge in [0.2, 0.25) is 5.91 Å². The zero-order valence-corrected chi connectivity index (χ0v) is 7.60. The number of carbonyl (C=O) groups is 1. The van der Waals surface area contributed by atoms with E-state index < -0.39 is 0 Å². The second-order valence-corrected chi connectivity index (χ2v) is 3.95.